The third-order valence-electron chi connectivity index (χ3n) is 3.08. The van der Waals surface area contributed by atoms with Gasteiger partial charge in [0.1, 0.15) is 12.1 Å². The molecule has 1 aromatic carbocycles. The van der Waals surface area contributed by atoms with E-state index in [0.717, 1.165) is 17.1 Å². The highest BCUT2D eigenvalue weighted by atomic mass is 16.3. The first-order valence-corrected chi connectivity index (χ1v) is 6.65. The van der Waals surface area contributed by atoms with Crippen LogP contribution < -0.4 is 11.1 Å². The van der Waals surface area contributed by atoms with Crippen LogP contribution in [0.25, 0.3) is 0 Å². The molecule has 0 fully saturated rings. The molecule has 0 saturated carbocycles. The first-order valence-electron chi connectivity index (χ1n) is 6.65. The number of hydrogen-bond donors (Lipinski definition) is 3. The van der Waals surface area contributed by atoms with E-state index in [1.165, 1.54) is 6.33 Å². The lowest BCUT2D eigenvalue weighted by Gasteiger charge is -2.13. The minimum atomic E-state index is -0.604. The van der Waals surface area contributed by atoms with Gasteiger partial charge in [0.2, 0.25) is 0 Å². The van der Waals surface area contributed by atoms with Gasteiger partial charge in [-0.1, -0.05) is 26.0 Å². The fraction of sp³-hybridized carbons (Fsp3) is 0.333. The maximum atomic E-state index is 10.1. The number of nitrogens with zero attached hydrogens (tertiary/aromatic N) is 2. The Morgan fingerprint density at radius 3 is 2.55 bits per heavy atom. The molecule has 5 nitrogen and oxygen atoms in total. The van der Waals surface area contributed by atoms with E-state index in [4.69, 9.17) is 5.73 Å². The SMILES string of the molecule is CC(C)c1cc(NCC(O)c2ccc(N)cc2)ncn1. The molecule has 0 saturated heterocycles. The van der Waals surface area contributed by atoms with Gasteiger partial charge < -0.3 is 16.2 Å². The third-order valence-corrected chi connectivity index (χ3v) is 3.08. The van der Waals surface area contributed by atoms with Crippen molar-refractivity contribution < 1.29 is 5.11 Å². The maximum Gasteiger partial charge on any atom is 0.129 e. The Hall–Kier alpha value is -2.14. The quantitative estimate of drug-likeness (QED) is 0.727. The summed E-state index contributed by atoms with van der Waals surface area (Å²) >= 11 is 0. The molecule has 1 unspecified atom stereocenters. The second-order valence-electron chi connectivity index (χ2n) is 5.05. The number of rotatable bonds is 5. The average molecular weight is 272 g/mol. The van der Waals surface area contributed by atoms with Gasteiger partial charge >= 0.3 is 0 Å². The summed E-state index contributed by atoms with van der Waals surface area (Å²) in [5.74, 6) is 1.07. The van der Waals surface area contributed by atoms with Crippen molar-refractivity contribution >= 4 is 11.5 Å². The minimum absolute atomic E-state index is 0.348. The molecule has 0 bridgehead atoms. The van der Waals surface area contributed by atoms with Gasteiger partial charge in [0, 0.05) is 24.0 Å². The van der Waals surface area contributed by atoms with Crippen LogP contribution in [0.5, 0.6) is 0 Å². The van der Waals surface area contributed by atoms with Gasteiger partial charge in [-0.25, -0.2) is 9.97 Å². The number of aliphatic hydroxyl groups excluding tert-OH is 1. The van der Waals surface area contributed by atoms with Crippen molar-refractivity contribution in [2.75, 3.05) is 17.6 Å². The predicted octanol–water partition coefficient (Wildman–Crippen LogP) is 2.33. The van der Waals surface area contributed by atoms with Crippen molar-refractivity contribution in [3.63, 3.8) is 0 Å². The van der Waals surface area contributed by atoms with E-state index in [1.807, 2.05) is 18.2 Å². The van der Waals surface area contributed by atoms with Crippen LogP contribution in [0.2, 0.25) is 0 Å². The molecule has 5 heteroatoms. The van der Waals surface area contributed by atoms with Crippen molar-refractivity contribution in [1.29, 1.82) is 0 Å². The summed E-state index contributed by atoms with van der Waals surface area (Å²) in [7, 11) is 0. The third kappa shape index (κ3) is 3.68. The van der Waals surface area contributed by atoms with E-state index in [9.17, 15) is 5.11 Å². The van der Waals surface area contributed by atoms with Crippen LogP contribution in [-0.2, 0) is 0 Å². The molecular weight excluding hydrogens is 252 g/mol. The molecule has 0 aliphatic carbocycles. The van der Waals surface area contributed by atoms with Gasteiger partial charge in [-0.3, -0.25) is 0 Å². The summed E-state index contributed by atoms with van der Waals surface area (Å²) < 4.78 is 0. The number of benzene rings is 1. The molecule has 2 rings (SSSR count). The van der Waals surface area contributed by atoms with Gasteiger partial charge in [-0.15, -0.1) is 0 Å². The topological polar surface area (TPSA) is 84.1 Å². The van der Waals surface area contributed by atoms with Crippen LogP contribution in [-0.4, -0.2) is 21.6 Å². The molecule has 0 amide bonds. The van der Waals surface area contributed by atoms with Crippen molar-refractivity contribution in [3.8, 4) is 0 Å². The molecule has 2 aromatic rings. The van der Waals surface area contributed by atoms with E-state index >= 15 is 0 Å². The van der Waals surface area contributed by atoms with Crippen molar-refractivity contribution in [3.05, 3.63) is 47.9 Å². The molecule has 1 atom stereocenters. The minimum Gasteiger partial charge on any atom is -0.399 e. The fourth-order valence-corrected chi connectivity index (χ4v) is 1.82. The van der Waals surface area contributed by atoms with E-state index in [0.29, 0.717) is 18.2 Å². The average Bonchev–Trinajstić information content (AvgIpc) is 2.46. The van der Waals surface area contributed by atoms with Crippen molar-refractivity contribution in [1.82, 2.24) is 9.97 Å². The first kappa shape index (κ1) is 14.3. The normalized spacial score (nSPS) is 12.4. The molecule has 0 radical (unpaired) electrons. The highest BCUT2D eigenvalue weighted by Gasteiger charge is 2.08. The number of nitrogens with one attached hydrogen (secondary N) is 1. The second kappa shape index (κ2) is 6.34. The van der Waals surface area contributed by atoms with E-state index in [-0.39, 0.29) is 0 Å². The zero-order valence-corrected chi connectivity index (χ0v) is 11.7. The van der Waals surface area contributed by atoms with Gasteiger partial charge in [0.25, 0.3) is 0 Å². The van der Waals surface area contributed by atoms with E-state index in [2.05, 4.69) is 29.1 Å². The molecule has 0 aliphatic rings. The summed E-state index contributed by atoms with van der Waals surface area (Å²) in [5, 5.41) is 13.2. The second-order valence-corrected chi connectivity index (χ2v) is 5.05. The standard InChI is InChI=1S/C15H20N4O/c1-10(2)13-7-15(19-9-18-13)17-8-14(20)11-3-5-12(16)6-4-11/h3-7,9-10,14,20H,8,16H2,1-2H3,(H,17,18,19). The largest absolute Gasteiger partial charge is 0.399 e. The highest BCUT2D eigenvalue weighted by Crippen LogP contribution is 2.17. The van der Waals surface area contributed by atoms with Crippen LogP contribution in [0.4, 0.5) is 11.5 Å². The Kier molecular flexibility index (Phi) is 4.53. The van der Waals surface area contributed by atoms with Crippen molar-refractivity contribution in [2.45, 2.75) is 25.9 Å². The lowest BCUT2D eigenvalue weighted by molar-refractivity contribution is 0.191. The van der Waals surface area contributed by atoms with Gasteiger partial charge in [0.15, 0.2) is 0 Å². The molecule has 1 heterocycles. The zero-order chi connectivity index (χ0) is 14.5. The molecule has 4 N–H and O–H groups in total. The number of nitrogens with two attached hydrogens (primary N) is 1. The zero-order valence-electron chi connectivity index (χ0n) is 11.7. The number of hydrogen-bond acceptors (Lipinski definition) is 5. The van der Waals surface area contributed by atoms with E-state index < -0.39 is 6.10 Å². The van der Waals surface area contributed by atoms with Crippen LogP contribution in [0.1, 0.15) is 37.1 Å². The van der Waals surface area contributed by atoms with Crippen LogP contribution >= 0.6 is 0 Å². The highest BCUT2D eigenvalue weighted by molar-refractivity contribution is 5.41. The number of aromatic nitrogens is 2. The predicted molar refractivity (Wildman–Crippen MR) is 80.4 cm³/mol. The summed E-state index contributed by atoms with van der Waals surface area (Å²) in [4.78, 5) is 8.35. The summed E-state index contributed by atoms with van der Waals surface area (Å²) in [6, 6.07) is 9.10. The number of nitrogen functional groups attached to an aromatic ring is 1. The molecule has 1 aromatic heterocycles. The van der Waals surface area contributed by atoms with Crippen LogP contribution in [0.15, 0.2) is 36.7 Å². The number of anilines is 2. The maximum absolute atomic E-state index is 10.1. The summed E-state index contributed by atoms with van der Waals surface area (Å²) in [6.07, 6.45) is 0.931. The van der Waals surface area contributed by atoms with Gasteiger partial charge in [-0.05, 0) is 23.6 Å². The molecular formula is C15H20N4O. The smallest absolute Gasteiger partial charge is 0.129 e. The van der Waals surface area contributed by atoms with Crippen LogP contribution in [0.3, 0.4) is 0 Å². The summed E-state index contributed by atoms with van der Waals surface area (Å²) in [5.41, 5.74) is 8.11. The molecule has 106 valence electrons. The molecule has 0 spiro atoms. The van der Waals surface area contributed by atoms with Crippen LogP contribution in [0, 0.1) is 0 Å². The fourth-order valence-electron chi connectivity index (χ4n) is 1.82. The Labute approximate surface area is 118 Å². The Morgan fingerprint density at radius 2 is 1.90 bits per heavy atom. The van der Waals surface area contributed by atoms with Crippen molar-refractivity contribution in [2.24, 2.45) is 0 Å². The first-order chi connectivity index (χ1) is 9.56. The molecule has 0 aliphatic heterocycles. The van der Waals surface area contributed by atoms with E-state index in [1.54, 1.807) is 12.1 Å². The Bertz CT molecular complexity index is 554. The summed E-state index contributed by atoms with van der Waals surface area (Å²) in [6.45, 7) is 4.54. The monoisotopic (exact) mass is 272 g/mol. The van der Waals surface area contributed by atoms with Gasteiger partial charge in [-0.2, -0.15) is 0 Å². The number of aliphatic hydroxyl groups is 1. The molecule has 20 heavy (non-hydrogen) atoms. The lowest BCUT2D eigenvalue weighted by atomic mass is 10.1. The Balaban J connectivity index is 1.97. The van der Waals surface area contributed by atoms with Gasteiger partial charge in [0.05, 0.1) is 6.10 Å². The lowest BCUT2D eigenvalue weighted by Crippen LogP contribution is -2.13. The Morgan fingerprint density at radius 1 is 1.20 bits per heavy atom.